The molecule has 2 aliphatic rings. The summed E-state index contributed by atoms with van der Waals surface area (Å²) in [4.78, 5) is 13.1. The average molecular weight is 470 g/mol. The molecule has 1 unspecified atom stereocenters. The van der Waals surface area contributed by atoms with Crippen molar-refractivity contribution in [1.29, 1.82) is 0 Å². The van der Waals surface area contributed by atoms with E-state index in [2.05, 4.69) is 53.1 Å². The second-order valence-corrected chi connectivity index (χ2v) is 10.2. The summed E-state index contributed by atoms with van der Waals surface area (Å²) >= 11 is 0. The second-order valence-electron chi connectivity index (χ2n) is 10.2. The van der Waals surface area contributed by atoms with E-state index in [1.165, 1.54) is 23.1 Å². The molecule has 1 amide bonds. The van der Waals surface area contributed by atoms with Crippen LogP contribution in [0.1, 0.15) is 63.7 Å². The molecule has 5 rings (SSSR count). The number of fused-ring (bicyclic) bond motifs is 2. The number of carbonyl (C=O) groups is 1. The molecule has 182 valence electrons. The zero-order valence-electron chi connectivity index (χ0n) is 20.6. The zero-order chi connectivity index (χ0) is 24.5. The van der Waals surface area contributed by atoms with Gasteiger partial charge in [-0.05, 0) is 109 Å². The molecule has 0 radical (unpaired) electrons. The Balaban J connectivity index is 1.29. The van der Waals surface area contributed by atoms with Crippen LogP contribution in [-0.4, -0.2) is 23.6 Å². The highest BCUT2D eigenvalue weighted by atomic mass is 16.3. The normalized spacial score (nSPS) is 19.4. The van der Waals surface area contributed by atoms with Gasteiger partial charge in [0.1, 0.15) is 5.75 Å². The van der Waals surface area contributed by atoms with Crippen LogP contribution in [0.25, 0.3) is 0 Å². The molecule has 5 nitrogen and oxygen atoms in total. The summed E-state index contributed by atoms with van der Waals surface area (Å²) < 4.78 is 0. The van der Waals surface area contributed by atoms with Crippen LogP contribution in [0.15, 0.2) is 54.6 Å². The Morgan fingerprint density at radius 2 is 1.86 bits per heavy atom. The van der Waals surface area contributed by atoms with Crippen LogP contribution in [0.5, 0.6) is 5.75 Å². The molecule has 1 heterocycles. The fourth-order valence-corrected chi connectivity index (χ4v) is 5.87. The van der Waals surface area contributed by atoms with Gasteiger partial charge in [0.15, 0.2) is 0 Å². The van der Waals surface area contributed by atoms with Gasteiger partial charge in [0, 0.05) is 12.2 Å². The van der Waals surface area contributed by atoms with E-state index in [0.717, 1.165) is 53.7 Å². The van der Waals surface area contributed by atoms with E-state index in [1.807, 2.05) is 13.8 Å². The van der Waals surface area contributed by atoms with Crippen LogP contribution < -0.4 is 16.4 Å². The Morgan fingerprint density at radius 1 is 1.09 bits per heavy atom. The monoisotopic (exact) mass is 469 g/mol. The van der Waals surface area contributed by atoms with Crippen LogP contribution in [-0.2, 0) is 24.1 Å². The first kappa shape index (κ1) is 23.4. The fourth-order valence-electron chi connectivity index (χ4n) is 5.87. The van der Waals surface area contributed by atoms with Gasteiger partial charge in [0.05, 0.1) is 12.1 Å². The van der Waals surface area contributed by atoms with Gasteiger partial charge in [-0.15, -0.1) is 0 Å². The Labute approximate surface area is 207 Å². The molecule has 0 saturated carbocycles. The summed E-state index contributed by atoms with van der Waals surface area (Å²) in [6.07, 6.45) is 4.65. The molecular weight excluding hydrogens is 434 g/mol. The largest absolute Gasteiger partial charge is 0.508 e. The standard InChI is InChI=1S/C30H35N3O2/c1-18-13-23(34)14-19(2)25(18)17-27(31)30(35)33-29-11-12-32-28-10-7-20(16-26(28)29)15-22-9-8-21-5-3-4-6-24(21)22/h3-7,10,13-14,16,22,27,29,32,34H,8-9,11-12,15,17,31H2,1-2H3,(H,33,35)/t22?,27-,29+/m0/s1. The van der Waals surface area contributed by atoms with E-state index in [9.17, 15) is 9.90 Å². The number of phenolic OH excluding ortho intramolecular Hbond substituents is 1. The van der Waals surface area contributed by atoms with Crippen molar-refractivity contribution in [2.45, 2.75) is 64.0 Å². The number of rotatable bonds is 6. The number of aryl methyl sites for hydroxylation is 3. The Hall–Kier alpha value is -3.31. The molecule has 3 atom stereocenters. The fraction of sp³-hybridized carbons (Fsp3) is 0.367. The molecule has 0 bridgehead atoms. The van der Waals surface area contributed by atoms with Crippen LogP contribution in [0.3, 0.4) is 0 Å². The predicted molar refractivity (Wildman–Crippen MR) is 141 cm³/mol. The smallest absolute Gasteiger partial charge is 0.237 e. The quantitative estimate of drug-likeness (QED) is 0.417. The molecule has 0 saturated heterocycles. The molecule has 3 aromatic rings. The van der Waals surface area contributed by atoms with Crippen LogP contribution >= 0.6 is 0 Å². The van der Waals surface area contributed by atoms with E-state index >= 15 is 0 Å². The molecule has 5 heteroatoms. The predicted octanol–water partition coefficient (Wildman–Crippen LogP) is 4.82. The lowest BCUT2D eigenvalue weighted by atomic mass is 9.89. The van der Waals surface area contributed by atoms with Gasteiger partial charge in [-0.1, -0.05) is 36.4 Å². The Morgan fingerprint density at radius 3 is 2.66 bits per heavy atom. The number of hydrogen-bond donors (Lipinski definition) is 4. The minimum absolute atomic E-state index is 0.0531. The minimum Gasteiger partial charge on any atom is -0.508 e. The summed E-state index contributed by atoms with van der Waals surface area (Å²) in [6.45, 7) is 4.71. The summed E-state index contributed by atoms with van der Waals surface area (Å²) in [7, 11) is 0. The molecule has 0 aromatic heterocycles. The maximum atomic E-state index is 13.1. The van der Waals surface area contributed by atoms with Gasteiger partial charge >= 0.3 is 0 Å². The maximum absolute atomic E-state index is 13.1. The first-order valence-corrected chi connectivity index (χ1v) is 12.7. The zero-order valence-corrected chi connectivity index (χ0v) is 20.6. The number of aromatic hydroxyl groups is 1. The average Bonchev–Trinajstić information content (AvgIpc) is 3.24. The van der Waals surface area contributed by atoms with Gasteiger partial charge in [-0.3, -0.25) is 4.79 Å². The van der Waals surface area contributed by atoms with Crippen molar-refractivity contribution in [3.8, 4) is 5.75 Å². The van der Waals surface area contributed by atoms with Crippen LogP contribution in [0.2, 0.25) is 0 Å². The molecule has 0 spiro atoms. The van der Waals surface area contributed by atoms with Crippen molar-refractivity contribution < 1.29 is 9.90 Å². The highest BCUT2D eigenvalue weighted by Gasteiger charge is 2.27. The van der Waals surface area contributed by atoms with Crippen LogP contribution in [0, 0.1) is 13.8 Å². The summed E-state index contributed by atoms with van der Waals surface area (Å²) in [6, 6.07) is 18.2. The lowest BCUT2D eigenvalue weighted by Gasteiger charge is -2.29. The maximum Gasteiger partial charge on any atom is 0.237 e. The van der Waals surface area contributed by atoms with Crippen molar-refractivity contribution in [3.05, 3.63) is 93.5 Å². The third-order valence-electron chi connectivity index (χ3n) is 7.74. The van der Waals surface area contributed by atoms with Gasteiger partial charge in [0.25, 0.3) is 0 Å². The number of benzene rings is 3. The topological polar surface area (TPSA) is 87.4 Å². The summed E-state index contributed by atoms with van der Waals surface area (Å²) in [5, 5.41) is 16.5. The molecular formula is C30H35N3O2. The minimum atomic E-state index is -0.645. The molecule has 1 aliphatic heterocycles. The summed E-state index contributed by atoms with van der Waals surface area (Å²) in [5.74, 6) is 0.661. The number of amides is 1. The van der Waals surface area contributed by atoms with Gasteiger partial charge in [0.2, 0.25) is 5.91 Å². The van der Waals surface area contributed by atoms with Crippen LogP contribution in [0.4, 0.5) is 5.69 Å². The lowest BCUT2D eigenvalue weighted by molar-refractivity contribution is -0.123. The number of anilines is 1. The number of phenols is 1. The van der Waals surface area contributed by atoms with Gasteiger partial charge in [-0.25, -0.2) is 0 Å². The highest BCUT2D eigenvalue weighted by Crippen LogP contribution is 2.37. The van der Waals surface area contributed by atoms with E-state index in [4.69, 9.17) is 5.73 Å². The molecule has 5 N–H and O–H groups in total. The first-order chi connectivity index (χ1) is 16.9. The van der Waals surface area contributed by atoms with E-state index < -0.39 is 6.04 Å². The number of nitrogens with one attached hydrogen (secondary N) is 2. The van der Waals surface area contributed by atoms with E-state index in [1.54, 1.807) is 12.1 Å². The van der Waals surface area contributed by atoms with E-state index in [0.29, 0.717) is 12.3 Å². The SMILES string of the molecule is Cc1cc(O)cc(C)c1C[C@H](N)C(=O)N[C@@H]1CCNc2ccc(CC3CCc4ccccc43)cc21. The number of hydrogen-bond acceptors (Lipinski definition) is 4. The number of nitrogens with two attached hydrogens (primary N) is 1. The van der Waals surface area contributed by atoms with Gasteiger partial charge in [-0.2, -0.15) is 0 Å². The van der Waals surface area contributed by atoms with Gasteiger partial charge < -0.3 is 21.5 Å². The van der Waals surface area contributed by atoms with Crippen molar-refractivity contribution in [2.75, 3.05) is 11.9 Å². The third kappa shape index (κ3) is 4.92. The lowest BCUT2D eigenvalue weighted by Crippen LogP contribution is -2.44. The molecule has 35 heavy (non-hydrogen) atoms. The van der Waals surface area contributed by atoms with Crippen molar-refractivity contribution in [1.82, 2.24) is 5.32 Å². The first-order valence-electron chi connectivity index (χ1n) is 12.7. The Kier molecular flexibility index (Phi) is 6.52. The third-order valence-corrected chi connectivity index (χ3v) is 7.74. The van der Waals surface area contributed by atoms with Crippen molar-refractivity contribution >= 4 is 11.6 Å². The summed E-state index contributed by atoms with van der Waals surface area (Å²) in [5.41, 5.74) is 15.8. The molecule has 3 aromatic carbocycles. The van der Waals surface area contributed by atoms with Crippen molar-refractivity contribution in [3.63, 3.8) is 0 Å². The molecule has 1 aliphatic carbocycles. The Bertz CT molecular complexity index is 1230. The second kappa shape index (κ2) is 9.74. The molecule has 0 fully saturated rings. The highest BCUT2D eigenvalue weighted by molar-refractivity contribution is 5.82. The van der Waals surface area contributed by atoms with E-state index in [-0.39, 0.29) is 17.7 Å². The number of carbonyl (C=O) groups excluding carboxylic acids is 1. The van der Waals surface area contributed by atoms with Crippen molar-refractivity contribution in [2.24, 2.45) is 5.73 Å².